The Morgan fingerprint density at radius 1 is 0.582 bits per heavy atom. The molecule has 2 N–H and O–H groups in total. The Labute approximate surface area is 347 Å². The summed E-state index contributed by atoms with van der Waals surface area (Å²) in [6.07, 6.45) is 0. The van der Waals surface area contributed by atoms with Crippen LogP contribution in [0.4, 0.5) is 22.7 Å². The standard InChI is InChI=1S/C36H36N6O10S2.Ca/c1-19-7-13-29(21(3)15-19)37-35(45)33(23(5)43)41-39-25-9-11-27(31(17-25)53(47,48)49)28-12-10-26(18-32(28)54(50,51)52)40-42-34(24(6)44)36(46)38-30-14-8-20(2)16-22(30)4;/h7-18,33-34H,1-6H3,(H,37,45)(H,38,46)(H,47,48,49)(H,50,51,52);/q;+2/p-2. The molecular weight excluding hydrogens is 781 g/mol. The maximum Gasteiger partial charge on any atom is 2.00 e. The molecule has 4 aromatic carbocycles. The quantitative estimate of drug-likeness (QED) is 0.0602. The van der Waals surface area contributed by atoms with E-state index in [-0.39, 0.29) is 49.1 Å². The molecule has 55 heavy (non-hydrogen) atoms. The van der Waals surface area contributed by atoms with Gasteiger partial charge in [0.1, 0.15) is 9.79 Å². The zero-order valence-electron chi connectivity index (χ0n) is 30.5. The summed E-state index contributed by atoms with van der Waals surface area (Å²) in [7, 11) is -10.3. The predicted molar refractivity (Wildman–Crippen MR) is 201 cm³/mol. The van der Waals surface area contributed by atoms with Gasteiger partial charge < -0.3 is 10.2 Å². The largest absolute Gasteiger partial charge is 2.00 e. The molecular formula is C36H34CaN6O10S2. The second kappa shape index (κ2) is 18.4. The van der Waals surface area contributed by atoms with Crippen LogP contribution in [0.2, 0.25) is 0 Å². The molecule has 0 aliphatic heterocycles. The molecule has 0 aromatic heterocycles. The second-order valence-corrected chi connectivity index (χ2v) is 15.0. The van der Waals surface area contributed by atoms with E-state index in [2.05, 4.69) is 30.4 Å². The van der Waals surface area contributed by atoms with E-state index in [1.54, 1.807) is 50.2 Å². The Morgan fingerprint density at radius 2 is 0.927 bits per heavy atom. The van der Waals surface area contributed by atoms with Gasteiger partial charge in [-0.05, 0) is 101 Å². The number of aryl methyl sites for hydroxylation is 4. The number of azo groups is 2. The molecule has 2 unspecified atom stereocenters. The minimum atomic E-state index is -5.13. The smallest absolute Gasteiger partial charge is 0.860 e. The van der Waals surface area contributed by atoms with E-state index < -0.39 is 76.6 Å². The average Bonchev–Trinajstić information content (AvgIpc) is 3.06. The maximum atomic E-state index is 12.9. The van der Waals surface area contributed by atoms with Crippen molar-refractivity contribution in [3.8, 4) is 11.1 Å². The molecule has 0 amide bonds. The summed E-state index contributed by atoms with van der Waals surface area (Å²) in [5, 5.41) is 40.9. The molecule has 0 aliphatic carbocycles. The van der Waals surface area contributed by atoms with Crippen molar-refractivity contribution in [2.75, 3.05) is 0 Å². The van der Waals surface area contributed by atoms with Gasteiger partial charge in [0.2, 0.25) is 0 Å². The summed E-state index contributed by atoms with van der Waals surface area (Å²) in [5.41, 5.74) is 2.46. The number of ketones is 2. The summed E-state index contributed by atoms with van der Waals surface area (Å²) < 4.78 is 70.4. The first kappa shape index (κ1) is 44.8. The minimum absolute atomic E-state index is 0. The summed E-state index contributed by atoms with van der Waals surface area (Å²) in [6.45, 7) is 9.34. The fourth-order valence-electron chi connectivity index (χ4n) is 5.10. The van der Waals surface area contributed by atoms with Crippen molar-refractivity contribution >= 4 is 104 Å². The van der Waals surface area contributed by atoms with E-state index in [4.69, 9.17) is 0 Å². The molecule has 0 heterocycles. The van der Waals surface area contributed by atoms with Gasteiger partial charge in [0.15, 0.2) is 23.7 Å². The zero-order chi connectivity index (χ0) is 40.1. The Hall–Kier alpha value is -4.56. The molecule has 0 saturated heterocycles. The van der Waals surface area contributed by atoms with Crippen LogP contribution in [0.25, 0.3) is 11.1 Å². The van der Waals surface area contributed by atoms with E-state index >= 15 is 0 Å². The van der Waals surface area contributed by atoms with Gasteiger partial charge >= 0.3 is 37.7 Å². The SMILES string of the molecule is CC(=O)C(N=Nc1ccc(-c2ccc(N=NC(C(C)=O)C([O-])=Nc3ccc(C)cc3C)cc2S(=O)(=O)O)c(S(=O)(=O)O)c1)C([O-])=Nc1ccc(C)cc1C.[Ca+2]. The van der Waals surface area contributed by atoms with Gasteiger partial charge in [0.25, 0.3) is 20.2 Å². The van der Waals surface area contributed by atoms with Gasteiger partial charge in [0.05, 0.1) is 22.7 Å². The number of Topliss-reactive ketones (excluding diaryl/α,β-unsaturated/α-hetero) is 2. The van der Waals surface area contributed by atoms with Crippen molar-refractivity contribution in [2.45, 2.75) is 63.4 Å². The van der Waals surface area contributed by atoms with Crippen LogP contribution in [0, 0.1) is 27.7 Å². The third kappa shape index (κ3) is 11.7. The van der Waals surface area contributed by atoms with Crippen molar-refractivity contribution in [1.29, 1.82) is 0 Å². The molecule has 19 heteroatoms. The molecule has 0 fully saturated rings. The minimum Gasteiger partial charge on any atom is -0.860 e. The molecule has 0 bridgehead atoms. The molecule has 0 aliphatic rings. The van der Waals surface area contributed by atoms with Crippen molar-refractivity contribution in [1.82, 2.24) is 0 Å². The number of rotatable bonds is 13. The molecule has 282 valence electrons. The Morgan fingerprint density at radius 3 is 1.22 bits per heavy atom. The summed E-state index contributed by atoms with van der Waals surface area (Å²) in [5.74, 6) is -3.30. The molecule has 16 nitrogen and oxygen atoms in total. The van der Waals surface area contributed by atoms with E-state index in [0.29, 0.717) is 22.5 Å². The third-order valence-electron chi connectivity index (χ3n) is 7.76. The van der Waals surface area contributed by atoms with Crippen LogP contribution in [0.5, 0.6) is 0 Å². The van der Waals surface area contributed by atoms with Crippen LogP contribution in [0.3, 0.4) is 0 Å². The van der Waals surface area contributed by atoms with E-state index in [1.165, 1.54) is 0 Å². The van der Waals surface area contributed by atoms with Gasteiger partial charge in [-0.2, -0.15) is 37.3 Å². The van der Waals surface area contributed by atoms with E-state index in [1.807, 2.05) is 13.8 Å². The normalized spacial score (nSPS) is 13.8. The summed E-state index contributed by atoms with van der Waals surface area (Å²) >= 11 is 0. The van der Waals surface area contributed by atoms with Gasteiger partial charge in [-0.3, -0.25) is 28.7 Å². The average molecular weight is 815 g/mol. The van der Waals surface area contributed by atoms with Gasteiger partial charge in [-0.25, -0.2) is 0 Å². The first-order valence-corrected chi connectivity index (χ1v) is 18.8. The Bertz CT molecular complexity index is 2330. The van der Waals surface area contributed by atoms with Crippen molar-refractivity contribution < 1.29 is 45.7 Å². The number of hydrogen-bond acceptors (Lipinski definition) is 14. The predicted octanol–water partition coefficient (Wildman–Crippen LogP) is 4.96. The van der Waals surface area contributed by atoms with E-state index in [9.17, 15) is 45.7 Å². The number of aliphatic imine (C=N–C) groups is 2. The van der Waals surface area contributed by atoms with Gasteiger partial charge in [0, 0.05) is 11.1 Å². The van der Waals surface area contributed by atoms with Crippen LogP contribution in [0.1, 0.15) is 36.1 Å². The first-order valence-electron chi connectivity index (χ1n) is 15.9. The van der Waals surface area contributed by atoms with Crippen LogP contribution < -0.4 is 10.2 Å². The van der Waals surface area contributed by atoms with Gasteiger partial charge in [-0.15, -0.1) is 0 Å². The van der Waals surface area contributed by atoms with Crippen molar-refractivity contribution in [3.05, 3.63) is 95.1 Å². The maximum absolute atomic E-state index is 12.9. The van der Waals surface area contributed by atoms with Crippen LogP contribution >= 0.6 is 0 Å². The number of hydrogen-bond donors (Lipinski definition) is 2. The van der Waals surface area contributed by atoms with Crippen LogP contribution in [-0.4, -0.2) is 99.1 Å². The van der Waals surface area contributed by atoms with Crippen molar-refractivity contribution in [3.63, 3.8) is 0 Å². The topological polar surface area (TPSA) is 263 Å². The Kier molecular flexibility index (Phi) is 15.0. The third-order valence-corrected chi connectivity index (χ3v) is 9.54. The molecule has 4 rings (SSSR count). The molecule has 0 saturated carbocycles. The fraction of sp³-hybridized carbons (Fsp3) is 0.222. The second-order valence-electron chi connectivity index (χ2n) is 12.2. The summed E-state index contributed by atoms with van der Waals surface area (Å²) in [6, 6.07) is 12.9. The molecule has 0 spiro atoms. The number of carbonyl (C=O) groups is 2. The Balaban J connectivity index is 0.00000812. The van der Waals surface area contributed by atoms with Crippen molar-refractivity contribution in [2.24, 2.45) is 30.4 Å². The number of nitrogens with zero attached hydrogens (tertiary/aromatic N) is 6. The molecule has 2 atom stereocenters. The monoisotopic (exact) mass is 814 g/mol. The van der Waals surface area contributed by atoms with Gasteiger partial charge in [-0.1, -0.05) is 47.5 Å². The zero-order valence-corrected chi connectivity index (χ0v) is 34.3. The number of benzene rings is 4. The summed E-state index contributed by atoms with van der Waals surface area (Å²) in [4.78, 5) is 30.8. The van der Waals surface area contributed by atoms with Crippen LogP contribution in [0.15, 0.2) is 113 Å². The molecule has 4 aromatic rings. The fourth-order valence-corrected chi connectivity index (χ4v) is 6.55. The number of carbonyl (C=O) groups excluding carboxylic acids is 2. The molecule has 0 radical (unpaired) electrons. The van der Waals surface area contributed by atoms with Crippen LogP contribution in [-0.2, 0) is 29.8 Å². The van der Waals surface area contributed by atoms with E-state index in [0.717, 1.165) is 61.4 Å². The first-order chi connectivity index (χ1) is 25.1.